The topological polar surface area (TPSA) is 86.8 Å². The highest BCUT2D eigenvalue weighted by Gasteiger charge is 2.35. The van der Waals surface area contributed by atoms with Gasteiger partial charge in [-0.05, 0) is 36.4 Å². The van der Waals surface area contributed by atoms with Crippen LogP contribution in [0, 0.1) is 11.6 Å². The first-order valence-electron chi connectivity index (χ1n) is 10.2. The lowest BCUT2D eigenvalue weighted by Gasteiger charge is -2.17. The number of aromatic nitrogens is 1. The average molecular weight is 550 g/mol. The van der Waals surface area contributed by atoms with Gasteiger partial charge >= 0.3 is 18.3 Å². The molecule has 202 valence electrons. The standard InChI is InChI=1S/C23H14F8N2O5/c1-11(34)36-10-19(35)33-20-18(37-12-2-4-16(24)14(8-12)22(26,27)28)6-7-32-21(20)38-13-3-5-17(25)15(9-13)23(29,30)31/h2-9H,10H2,1H3,(H,33,35). The molecule has 0 radical (unpaired) electrons. The van der Waals surface area contributed by atoms with Crippen LogP contribution in [0.5, 0.6) is 23.1 Å². The fourth-order valence-electron chi connectivity index (χ4n) is 2.85. The Morgan fingerprint density at radius 1 is 0.842 bits per heavy atom. The maximum absolute atomic E-state index is 13.6. The molecule has 0 fully saturated rings. The minimum atomic E-state index is -5.08. The van der Waals surface area contributed by atoms with E-state index in [1.54, 1.807) is 0 Å². The molecule has 38 heavy (non-hydrogen) atoms. The highest BCUT2D eigenvalue weighted by Crippen LogP contribution is 2.41. The first-order chi connectivity index (χ1) is 17.6. The monoisotopic (exact) mass is 550 g/mol. The summed E-state index contributed by atoms with van der Waals surface area (Å²) >= 11 is 0. The van der Waals surface area contributed by atoms with E-state index in [1.165, 1.54) is 0 Å². The smallest absolute Gasteiger partial charge is 0.419 e. The number of nitrogens with one attached hydrogen (secondary N) is 1. The molecule has 0 aliphatic rings. The molecule has 0 aliphatic heterocycles. The van der Waals surface area contributed by atoms with Crippen molar-refractivity contribution in [2.45, 2.75) is 19.3 Å². The van der Waals surface area contributed by atoms with Crippen molar-refractivity contribution >= 4 is 17.6 Å². The molecule has 7 nitrogen and oxygen atoms in total. The van der Waals surface area contributed by atoms with Crippen molar-refractivity contribution < 1.29 is 58.9 Å². The summed E-state index contributed by atoms with van der Waals surface area (Å²) < 4.78 is 121. The maximum Gasteiger partial charge on any atom is 0.419 e. The fourth-order valence-corrected chi connectivity index (χ4v) is 2.85. The lowest BCUT2D eigenvalue weighted by Crippen LogP contribution is -2.20. The molecule has 3 rings (SSSR count). The second-order valence-electron chi connectivity index (χ2n) is 7.30. The van der Waals surface area contributed by atoms with E-state index in [0.717, 1.165) is 31.3 Å². The molecule has 2 aromatic carbocycles. The number of halogens is 8. The molecule has 0 saturated carbocycles. The van der Waals surface area contributed by atoms with Crippen LogP contribution in [0.1, 0.15) is 18.1 Å². The third-order valence-electron chi connectivity index (χ3n) is 4.48. The summed E-state index contributed by atoms with van der Waals surface area (Å²) in [5.74, 6) is -7.24. The van der Waals surface area contributed by atoms with Crippen molar-refractivity contribution in [3.05, 3.63) is 71.4 Å². The van der Waals surface area contributed by atoms with E-state index in [4.69, 9.17) is 9.47 Å². The zero-order valence-electron chi connectivity index (χ0n) is 18.8. The van der Waals surface area contributed by atoms with Gasteiger partial charge in [0, 0.05) is 19.2 Å². The molecule has 3 aromatic rings. The number of carbonyl (C=O) groups is 2. The molecule has 0 aliphatic carbocycles. The van der Waals surface area contributed by atoms with E-state index in [-0.39, 0.29) is 0 Å². The Bertz CT molecular complexity index is 1270. The number of amides is 1. The Labute approximate surface area is 207 Å². The Morgan fingerprint density at radius 3 is 1.87 bits per heavy atom. The van der Waals surface area contributed by atoms with Gasteiger partial charge in [-0.3, -0.25) is 9.59 Å². The highest BCUT2D eigenvalue weighted by atomic mass is 19.4. The highest BCUT2D eigenvalue weighted by molar-refractivity contribution is 5.95. The number of rotatable bonds is 7. The average Bonchev–Trinajstić information content (AvgIpc) is 2.80. The third kappa shape index (κ3) is 7.08. The van der Waals surface area contributed by atoms with E-state index in [9.17, 15) is 44.7 Å². The van der Waals surface area contributed by atoms with E-state index < -0.39 is 82.4 Å². The lowest BCUT2D eigenvalue weighted by atomic mass is 10.2. The number of nitrogens with zero attached hydrogens (tertiary/aromatic N) is 1. The van der Waals surface area contributed by atoms with Crippen LogP contribution in [-0.4, -0.2) is 23.5 Å². The SMILES string of the molecule is CC(=O)OCC(=O)Nc1c(Oc2ccc(F)c(C(F)(F)F)c2)ccnc1Oc1ccc(F)c(C(F)(F)F)c1. The molecule has 0 atom stereocenters. The van der Waals surface area contributed by atoms with Crippen molar-refractivity contribution in [2.24, 2.45) is 0 Å². The number of benzene rings is 2. The molecule has 1 amide bonds. The van der Waals surface area contributed by atoms with E-state index in [0.29, 0.717) is 24.3 Å². The van der Waals surface area contributed by atoms with Crippen LogP contribution in [0.4, 0.5) is 40.8 Å². The predicted molar refractivity (Wildman–Crippen MR) is 112 cm³/mol. The summed E-state index contributed by atoms with van der Waals surface area (Å²) in [6.07, 6.45) is -9.19. The molecule has 0 saturated heterocycles. The van der Waals surface area contributed by atoms with Gasteiger partial charge in [0.15, 0.2) is 12.4 Å². The van der Waals surface area contributed by atoms with Gasteiger partial charge in [0.2, 0.25) is 5.88 Å². The first kappa shape index (κ1) is 28.1. The summed E-state index contributed by atoms with van der Waals surface area (Å²) in [6.45, 7) is 0.159. The fraction of sp³-hybridized carbons (Fsp3) is 0.174. The van der Waals surface area contributed by atoms with Crippen molar-refractivity contribution in [3.8, 4) is 23.1 Å². The van der Waals surface area contributed by atoms with Crippen LogP contribution in [0.25, 0.3) is 0 Å². The lowest BCUT2D eigenvalue weighted by molar-refractivity contribution is -0.145. The van der Waals surface area contributed by atoms with Crippen LogP contribution in [0.15, 0.2) is 48.7 Å². The quantitative estimate of drug-likeness (QED) is 0.268. The number of esters is 1. The Morgan fingerprint density at radius 2 is 1.37 bits per heavy atom. The molecule has 1 heterocycles. The molecule has 0 spiro atoms. The second-order valence-corrected chi connectivity index (χ2v) is 7.30. The predicted octanol–water partition coefficient (Wildman–Crippen LogP) is 6.48. The van der Waals surface area contributed by atoms with Crippen molar-refractivity contribution in [3.63, 3.8) is 0 Å². The van der Waals surface area contributed by atoms with Gasteiger partial charge in [-0.2, -0.15) is 26.3 Å². The summed E-state index contributed by atoms with van der Waals surface area (Å²) in [7, 11) is 0. The van der Waals surface area contributed by atoms with Gasteiger partial charge < -0.3 is 19.5 Å². The minimum Gasteiger partial charge on any atom is -0.456 e. The second kappa shape index (κ2) is 10.9. The molecule has 1 aromatic heterocycles. The Hall–Kier alpha value is -4.43. The van der Waals surface area contributed by atoms with Gasteiger partial charge in [0.25, 0.3) is 5.91 Å². The van der Waals surface area contributed by atoms with Crippen LogP contribution in [-0.2, 0) is 26.7 Å². The van der Waals surface area contributed by atoms with E-state index >= 15 is 0 Å². The molecule has 15 heteroatoms. The number of carbonyl (C=O) groups excluding carboxylic acids is 2. The first-order valence-corrected chi connectivity index (χ1v) is 10.2. The third-order valence-corrected chi connectivity index (χ3v) is 4.48. The summed E-state index contributed by atoms with van der Waals surface area (Å²) in [5.41, 5.74) is -3.85. The number of hydrogen-bond donors (Lipinski definition) is 1. The Kier molecular flexibility index (Phi) is 8.07. The summed E-state index contributed by atoms with van der Waals surface area (Å²) in [6, 6.07) is 4.28. The molecular weight excluding hydrogens is 536 g/mol. The maximum atomic E-state index is 13.6. The number of ether oxygens (including phenoxy) is 3. The molecular formula is C23H14F8N2O5. The van der Waals surface area contributed by atoms with Crippen LogP contribution >= 0.6 is 0 Å². The number of alkyl halides is 6. The number of pyridine rings is 1. The largest absolute Gasteiger partial charge is 0.456 e. The van der Waals surface area contributed by atoms with E-state index in [2.05, 4.69) is 15.0 Å². The van der Waals surface area contributed by atoms with Crippen LogP contribution in [0.3, 0.4) is 0 Å². The van der Waals surface area contributed by atoms with Crippen molar-refractivity contribution in [1.82, 2.24) is 4.98 Å². The molecule has 0 unspecified atom stereocenters. The van der Waals surface area contributed by atoms with E-state index in [1.807, 2.05) is 0 Å². The zero-order valence-corrected chi connectivity index (χ0v) is 18.8. The van der Waals surface area contributed by atoms with Gasteiger partial charge in [0.05, 0.1) is 11.1 Å². The van der Waals surface area contributed by atoms with Gasteiger partial charge in [-0.1, -0.05) is 0 Å². The number of anilines is 1. The van der Waals surface area contributed by atoms with Crippen LogP contribution in [0.2, 0.25) is 0 Å². The van der Waals surface area contributed by atoms with Gasteiger partial charge in [-0.25, -0.2) is 13.8 Å². The normalized spacial score (nSPS) is 11.6. The summed E-state index contributed by atoms with van der Waals surface area (Å²) in [4.78, 5) is 27.0. The zero-order chi connectivity index (χ0) is 28.3. The van der Waals surface area contributed by atoms with Gasteiger partial charge in [-0.15, -0.1) is 0 Å². The molecule has 0 bridgehead atoms. The summed E-state index contributed by atoms with van der Waals surface area (Å²) in [5, 5.41) is 2.17. The minimum absolute atomic E-state index is 0.310. The van der Waals surface area contributed by atoms with Crippen LogP contribution < -0.4 is 14.8 Å². The Balaban J connectivity index is 2.03. The molecule has 1 N–H and O–H groups in total. The van der Waals surface area contributed by atoms with Crippen molar-refractivity contribution in [2.75, 3.05) is 11.9 Å². The van der Waals surface area contributed by atoms with Crippen molar-refractivity contribution in [1.29, 1.82) is 0 Å². The van der Waals surface area contributed by atoms with Gasteiger partial charge in [0.1, 0.15) is 28.8 Å². The number of hydrogen-bond acceptors (Lipinski definition) is 6.